The van der Waals surface area contributed by atoms with Gasteiger partial charge in [0.05, 0.1) is 0 Å². The van der Waals surface area contributed by atoms with Gasteiger partial charge in [0.2, 0.25) is 0 Å². The van der Waals surface area contributed by atoms with E-state index in [4.69, 9.17) is 0 Å². The maximum Gasteiger partial charge on any atom is 4.00 e. The van der Waals surface area contributed by atoms with Crippen molar-refractivity contribution in [1.29, 1.82) is 0 Å². The van der Waals surface area contributed by atoms with E-state index < -0.39 is 0 Å². The van der Waals surface area contributed by atoms with Crippen LogP contribution in [0.2, 0.25) is 0 Å². The number of rotatable bonds is 0. The monoisotopic (exact) mass is 1920 g/mol. The zero-order valence-electron chi connectivity index (χ0n) is 25.0. The maximum absolute atomic E-state index is 0. The van der Waals surface area contributed by atoms with Gasteiger partial charge < -0.3 is 219 Å². The van der Waals surface area contributed by atoms with Crippen molar-refractivity contribution in [2.45, 2.75) is 0 Å². The molecule has 0 aromatic heterocycles. The molecule has 0 spiro atoms. The van der Waals surface area contributed by atoms with Crippen LogP contribution < -0.4 is 0 Å². The molecule has 0 fully saturated rings. The van der Waals surface area contributed by atoms with Crippen LogP contribution in [-0.4, -0.2) is 230 Å². The Morgan fingerprint density at radius 3 is 0.0755 bits per heavy atom. The van der Waals surface area contributed by atoms with Gasteiger partial charge in [-0.15, -0.1) is 0 Å². The molecule has 0 aromatic rings. The van der Waals surface area contributed by atoms with Crippen molar-refractivity contribution in [2.75, 3.05) is 0 Å². The zero-order chi connectivity index (χ0) is 0. The molecule has 392 valence electrons. The van der Waals surface area contributed by atoms with Gasteiger partial charge in [0.25, 0.3) is 0 Å². The van der Waals surface area contributed by atoms with Crippen LogP contribution in [0.25, 0.3) is 0 Å². The SMILES string of the molecule is O.O.O.O.O.O.O.O.O.O.O.O.O.O.O.O.O.O.O.O.O.O.O.O.O.O.O.O.O.O.O.O.[Mo].[Mo].[Mo].[Mo].[Mo].[Mo].[Mo].[Mo].[Mo].[Mo].[Mo].[Mo].[OH-].[OH-].[OH-].[OH-].[OH-].[OH-].[OH-].[OH-].[Si+4]. The quantitative estimate of drug-likeness (QED) is 0.209. The first-order valence-corrected chi connectivity index (χ1v) is 0. The van der Waals surface area contributed by atoms with Crippen LogP contribution >= 0.6 is 0 Å². The molecule has 0 aliphatic carbocycles. The van der Waals surface area contributed by atoms with E-state index >= 15 is 0 Å². The van der Waals surface area contributed by atoms with E-state index in [0.717, 1.165) is 0 Å². The van der Waals surface area contributed by atoms with Gasteiger partial charge in [-0.2, -0.15) is 0 Å². The van der Waals surface area contributed by atoms with E-state index in [2.05, 4.69) is 0 Å². The van der Waals surface area contributed by atoms with Crippen LogP contribution in [0, 0.1) is 0 Å². The second-order valence-corrected chi connectivity index (χ2v) is 0. The van der Waals surface area contributed by atoms with E-state index in [0.29, 0.717) is 0 Å². The summed E-state index contributed by atoms with van der Waals surface area (Å²) in [5.41, 5.74) is 0. The van der Waals surface area contributed by atoms with Crippen molar-refractivity contribution in [3.63, 3.8) is 0 Å². The predicted molar refractivity (Wildman–Crippen MR) is 137 cm³/mol. The maximum atomic E-state index is 0. The number of hydrogen-bond donors (Lipinski definition) is 0. The smallest absolute Gasteiger partial charge is 0.870 e. The van der Waals surface area contributed by atoms with Crippen LogP contribution in [0.4, 0.5) is 0 Å². The van der Waals surface area contributed by atoms with E-state index in [1.54, 1.807) is 0 Å². The average molecular weight is 1890 g/mol. The Kier molecular flexibility index (Phi) is 345000. The molecule has 0 saturated carbocycles. The Morgan fingerprint density at radius 2 is 0.0755 bits per heavy atom. The molecule has 53 heavy (non-hydrogen) atoms. The minimum atomic E-state index is 0. The summed E-state index contributed by atoms with van der Waals surface area (Å²) in [6.07, 6.45) is 0. The molecule has 0 amide bonds. The summed E-state index contributed by atoms with van der Waals surface area (Å²) < 4.78 is 0. The fourth-order valence-corrected chi connectivity index (χ4v) is 0. The molecular formula is H72Mo12O40Si-4. The van der Waals surface area contributed by atoms with Gasteiger partial charge in [-0.25, -0.2) is 0 Å². The van der Waals surface area contributed by atoms with Gasteiger partial charge >= 0.3 is 11.0 Å². The molecule has 0 unspecified atom stereocenters. The summed E-state index contributed by atoms with van der Waals surface area (Å²) >= 11 is 0. The third-order valence-electron chi connectivity index (χ3n) is 0. The van der Waals surface area contributed by atoms with Gasteiger partial charge in [0.1, 0.15) is 0 Å². The molecule has 0 saturated heterocycles. The molecule has 0 rings (SSSR count). The van der Waals surface area contributed by atoms with Crippen molar-refractivity contribution in [3.8, 4) is 0 Å². The summed E-state index contributed by atoms with van der Waals surface area (Å²) in [7, 11) is 0. The van der Waals surface area contributed by atoms with Gasteiger partial charge in [0, 0.05) is 253 Å². The topological polar surface area (TPSA) is 1250 Å². The van der Waals surface area contributed by atoms with Gasteiger partial charge in [-0.3, -0.25) is 0 Å². The van der Waals surface area contributed by atoms with Crippen LogP contribution in [-0.2, 0) is 253 Å². The standard InChI is InChI=1S/12Mo.40H2O.Si/h;;;;;;;;;;;;40*1H2;/q;;;;;;;;;;;;;;;;;;;;;;;;;;;;;;;;;;;;;;;;;;;;;;;;;;;;+4/p-8. The van der Waals surface area contributed by atoms with E-state index in [1.807, 2.05) is 0 Å². The first kappa shape index (κ1) is 4390. The first-order chi connectivity index (χ1) is 0. The summed E-state index contributed by atoms with van der Waals surface area (Å²) in [6, 6.07) is 0. The predicted octanol–water partition coefficient (Wildman–Crippen LogP) is -28.2. The van der Waals surface area contributed by atoms with Crippen molar-refractivity contribution in [1.82, 2.24) is 0 Å². The van der Waals surface area contributed by atoms with Crippen molar-refractivity contribution >= 4 is 11.0 Å². The van der Waals surface area contributed by atoms with Gasteiger partial charge in [0.15, 0.2) is 0 Å². The van der Waals surface area contributed by atoms with Crippen LogP contribution in [0.5, 0.6) is 0 Å². The summed E-state index contributed by atoms with van der Waals surface area (Å²) in [4.78, 5) is 0. The third kappa shape index (κ3) is 4030. The Hall–Kier alpha value is 6.88. The van der Waals surface area contributed by atoms with E-state index in [-0.39, 0.29) is 483 Å². The first-order valence-electron chi connectivity index (χ1n) is 0. The second kappa shape index (κ2) is 4170. The molecule has 53 heteroatoms. The van der Waals surface area contributed by atoms with Gasteiger partial charge in [-0.05, 0) is 0 Å². The zero-order valence-corrected chi connectivity index (χ0v) is 50.1. The fourth-order valence-electron chi connectivity index (χ4n) is 0. The minimum absolute atomic E-state index is 0. The Labute approximate surface area is 476 Å². The minimum Gasteiger partial charge on any atom is -0.870 e. The molecule has 72 N–H and O–H groups in total. The summed E-state index contributed by atoms with van der Waals surface area (Å²) in [5, 5.41) is 0. The molecule has 0 bridgehead atoms. The summed E-state index contributed by atoms with van der Waals surface area (Å²) in [5.74, 6) is 0. The third-order valence-corrected chi connectivity index (χ3v) is 0. The molecule has 0 heterocycles. The van der Waals surface area contributed by atoms with Gasteiger partial charge in [-0.1, -0.05) is 0 Å². The molecular weight excluding hydrogens is 1820 g/mol. The van der Waals surface area contributed by atoms with Crippen LogP contribution in [0.15, 0.2) is 0 Å². The van der Waals surface area contributed by atoms with E-state index in [1.165, 1.54) is 0 Å². The molecule has 40 nitrogen and oxygen atoms in total. The Balaban J connectivity index is 0. The van der Waals surface area contributed by atoms with Crippen molar-refractivity contribution in [3.05, 3.63) is 0 Å². The Bertz CT molecular complexity index is 47.7. The Morgan fingerprint density at radius 1 is 0.0755 bits per heavy atom. The second-order valence-electron chi connectivity index (χ2n) is 0. The van der Waals surface area contributed by atoms with E-state index in [9.17, 15) is 0 Å². The normalized spacial score (nSPS) is 0. The molecule has 0 aromatic carbocycles. The summed E-state index contributed by atoms with van der Waals surface area (Å²) in [6.45, 7) is 0. The van der Waals surface area contributed by atoms with Crippen LogP contribution in [0.1, 0.15) is 0 Å². The molecule has 0 atom stereocenters. The fraction of sp³-hybridized carbons (Fsp3) is 0. The molecule has 0 aliphatic heterocycles. The molecule has 0 radical (unpaired) electrons. The molecule has 0 aliphatic rings. The van der Waals surface area contributed by atoms with Crippen molar-refractivity contribution < 1.29 is 472 Å². The largest absolute Gasteiger partial charge is 4.00 e. The average Bonchev–Trinajstić information content (AvgIpc) is 0. The number of hydrogen-bond acceptors (Lipinski definition) is 8. The van der Waals surface area contributed by atoms with Crippen LogP contribution in [0.3, 0.4) is 0 Å². The van der Waals surface area contributed by atoms with Crippen molar-refractivity contribution in [2.24, 2.45) is 0 Å².